The second-order valence-corrected chi connectivity index (χ2v) is 4.96. The minimum atomic E-state index is -1.13. The van der Waals surface area contributed by atoms with Gasteiger partial charge in [0.15, 0.2) is 0 Å². The monoisotopic (exact) mass is 307 g/mol. The molecule has 0 radical (unpaired) electrons. The van der Waals surface area contributed by atoms with Crippen LogP contribution in [-0.4, -0.2) is 17.2 Å². The third kappa shape index (κ3) is 2.54. The molecule has 1 heterocycles. The maximum absolute atomic E-state index is 10.6. The summed E-state index contributed by atoms with van der Waals surface area (Å²) in [6.45, 7) is 1.73. The molecule has 0 spiro atoms. The van der Waals surface area contributed by atoms with E-state index in [-0.39, 0.29) is 0 Å². The number of pyridine rings is 1. The van der Waals surface area contributed by atoms with Gasteiger partial charge in [-0.15, -0.1) is 0 Å². The molecule has 3 nitrogen and oxygen atoms in total. The smallest absolute Gasteiger partial charge is 0.129 e. The number of rotatable bonds is 3. The van der Waals surface area contributed by atoms with Crippen LogP contribution in [0.25, 0.3) is 0 Å². The predicted octanol–water partition coefficient (Wildman–Crippen LogP) is 3.11. The summed E-state index contributed by atoms with van der Waals surface area (Å²) in [5, 5.41) is 10.6. The second-order valence-electron chi connectivity index (χ2n) is 4.15. The minimum Gasteiger partial charge on any atom is -0.497 e. The highest BCUT2D eigenvalue weighted by Crippen LogP contribution is 2.29. The lowest BCUT2D eigenvalue weighted by atomic mass is 9.92. The van der Waals surface area contributed by atoms with E-state index in [1.165, 1.54) is 0 Å². The number of nitrogens with zero attached hydrogens (tertiary/aromatic N) is 1. The van der Waals surface area contributed by atoms with Crippen LogP contribution in [0.4, 0.5) is 0 Å². The summed E-state index contributed by atoms with van der Waals surface area (Å²) >= 11 is 3.31. The number of benzene rings is 1. The Kier molecular flexibility index (Phi) is 3.68. The van der Waals surface area contributed by atoms with Gasteiger partial charge in [-0.3, -0.25) is 0 Å². The molecule has 0 amide bonds. The molecule has 2 aromatic rings. The van der Waals surface area contributed by atoms with E-state index in [1.807, 2.05) is 36.4 Å². The van der Waals surface area contributed by atoms with Gasteiger partial charge in [0.25, 0.3) is 0 Å². The van der Waals surface area contributed by atoms with E-state index in [9.17, 15) is 5.11 Å². The maximum Gasteiger partial charge on any atom is 0.129 e. The lowest BCUT2D eigenvalue weighted by Crippen LogP contribution is -2.24. The van der Waals surface area contributed by atoms with Gasteiger partial charge in [-0.1, -0.05) is 18.2 Å². The van der Waals surface area contributed by atoms with Gasteiger partial charge in [0.2, 0.25) is 0 Å². The molecule has 0 fully saturated rings. The number of hydrogen-bond acceptors (Lipinski definition) is 3. The molecule has 0 saturated carbocycles. The van der Waals surface area contributed by atoms with Crippen molar-refractivity contribution in [3.63, 3.8) is 0 Å². The standard InChI is InChI=1S/C14H14BrNO2/c1-14(17,12-4-3-5-13(15)16-12)10-6-8-11(18-2)9-7-10/h3-9,17H,1-2H3. The molecule has 4 heteroatoms. The van der Waals surface area contributed by atoms with Gasteiger partial charge < -0.3 is 9.84 Å². The van der Waals surface area contributed by atoms with Gasteiger partial charge in [-0.25, -0.2) is 4.98 Å². The lowest BCUT2D eigenvalue weighted by molar-refractivity contribution is 0.0972. The van der Waals surface area contributed by atoms with Crippen LogP contribution in [0.5, 0.6) is 5.75 Å². The Morgan fingerprint density at radius 1 is 1.17 bits per heavy atom. The van der Waals surface area contributed by atoms with Gasteiger partial charge >= 0.3 is 0 Å². The summed E-state index contributed by atoms with van der Waals surface area (Å²) in [5.41, 5.74) is 0.242. The van der Waals surface area contributed by atoms with Crippen molar-refractivity contribution < 1.29 is 9.84 Å². The summed E-state index contributed by atoms with van der Waals surface area (Å²) in [7, 11) is 1.61. The van der Waals surface area contributed by atoms with Gasteiger partial charge in [0.05, 0.1) is 12.8 Å². The van der Waals surface area contributed by atoms with E-state index in [0.717, 1.165) is 11.3 Å². The quantitative estimate of drug-likeness (QED) is 0.886. The van der Waals surface area contributed by atoms with Crippen LogP contribution >= 0.6 is 15.9 Å². The fourth-order valence-corrected chi connectivity index (χ4v) is 2.09. The van der Waals surface area contributed by atoms with Crippen molar-refractivity contribution >= 4 is 15.9 Å². The summed E-state index contributed by atoms with van der Waals surface area (Å²) < 4.78 is 5.80. The predicted molar refractivity (Wildman–Crippen MR) is 73.6 cm³/mol. The van der Waals surface area contributed by atoms with Crippen LogP contribution in [0.1, 0.15) is 18.2 Å². The number of hydrogen-bond donors (Lipinski definition) is 1. The second kappa shape index (κ2) is 5.08. The van der Waals surface area contributed by atoms with Crippen LogP contribution in [0.15, 0.2) is 47.1 Å². The first kappa shape index (κ1) is 13.1. The molecule has 0 aliphatic carbocycles. The van der Waals surface area contributed by atoms with E-state index < -0.39 is 5.60 Å². The number of halogens is 1. The minimum absolute atomic E-state index is 0.599. The third-order valence-corrected chi connectivity index (χ3v) is 3.31. The summed E-state index contributed by atoms with van der Waals surface area (Å²) in [5.74, 6) is 0.761. The molecule has 18 heavy (non-hydrogen) atoms. The molecule has 0 saturated heterocycles. The zero-order chi connectivity index (χ0) is 13.2. The fourth-order valence-electron chi connectivity index (χ4n) is 1.74. The first-order valence-electron chi connectivity index (χ1n) is 5.54. The maximum atomic E-state index is 10.6. The van der Waals surface area contributed by atoms with Crippen LogP contribution in [-0.2, 0) is 5.60 Å². The average molecular weight is 308 g/mol. The fraction of sp³-hybridized carbons (Fsp3) is 0.214. The molecule has 1 atom stereocenters. The van der Waals surface area contributed by atoms with E-state index >= 15 is 0 Å². The number of aromatic nitrogens is 1. The Labute approximate surface area is 115 Å². The van der Waals surface area contributed by atoms with Crippen molar-refractivity contribution in [3.8, 4) is 5.75 Å². The van der Waals surface area contributed by atoms with Crippen LogP contribution < -0.4 is 4.74 Å². The lowest BCUT2D eigenvalue weighted by Gasteiger charge is -2.23. The SMILES string of the molecule is COc1ccc(C(C)(O)c2cccc(Br)n2)cc1. The van der Waals surface area contributed by atoms with E-state index in [4.69, 9.17) is 4.74 Å². The van der Waals surface area contributed by atoms with Gasteiger partial charge in [0.1, 0.15) is 16.0 Å². The highest BCUT2D eigenvalue weighted by Gasteiger charge is 2.27. The Morgan fingerprint density at radius 2 is 1.83 bits per heavy atom. The van der Waals surface area contributed by atoms with Gasteiger partial charge in [-0.2, -0.15) is 0 Å². The molecule has 2 rings (SSSR count). The molecule has 0 bridgehead atoms. The molecule has 1 aromatic heterocycles. The topological polar surface area (TPSA) is 42.4 Å². The van der Waals surface area contributed by atoms with Gasteiger partial charge in [-0.05, 0) is 52.7 Å². The molecular weight excluding hydrogens is 294 g/mol. The molecule has 0 aliphatic heterocycles. The average Bonchev–Trinajstić information content (AvgIpc) is 2.39. The number of ether oxygens (including phenoxy) is 1. The van der Waals surface area contributed by atoms with Crippen molar-refractivity contribution in [3.05, 3.63) is 58.3 Å². The van der Waals surface area contributed by atoms with E-state index in [1.54, 1.807) is 20.1 Å². The largest absolute Gasteiger partial charge is 0.497 e. The van der Waals surface area contributed by atoms with Crippen molar-refractivity contribution in [1.29, 1.82) is 0 Å². The molecule has 1 unspecified atom stereocenters. The number of methoxy groups -OCH3 is 1. The summed E-state index contributed by atoms with van der Waals surface area (Å²) in [6.07, 6.45) is 0. The highest BCUT2D eigenvalue weighted by molar-refractivity contribution is 9.10. The van der Waals surface area contributed by atoms with Gasteiger partial charge in [0, 0.05) is 0 Å². The Balaban J connectivity index is 2.40. The first-order valence-corrected chi connectivity index (χ1v) is 6.33. The zero-order valence-corrected chi connectivity index (χ0v) is 11.8. The highest BCUT2D eigenvalue weighted by atomic mass is 79.9. The Bertz CT molecular complexity index is 538. The molecule has 1 N–H and O–H groups in total. The Morgan fingerprint density at radius 3 is 2.39 bits per heavy atom. The molecule has 94 valence electrons. The van der Waals surface area contributed by atoms with Crippen LogP contribution in [0.2, 0.25) is 0 Å². The van der Waals surface area contributed by atoms with Crippen molar-refractivity contribution in [2.75, 3.05) is 7.11 Å². The van der Waals surface area contributed by atoms with E-state index in [0.29, 0.717) is 10.3 Å². The molecule has 1 aromatic carbocycles. The van der Waals surface area contributed by atoms with Crippen LogP contribution in [0.3, 0.4) is 0 Å². The summed E-state index contributed by atoms with van der Waals surface area (Å²) in [4.78, 5) is 4.30. The number of aliphatic hydroxyl groups is 1. The zero-order valence-electron chi connectivity index (χ0n) is 10.2. The van der Waals surface area contributed by atoms with Crippen molar-refractivity contribution in [1.82, 2.24) is 4.98 Å². The van der Waals surface area contributed by atoms with Crippen molar-refractivity contribution in [2.24, 2.45) is 0 Å². The normalized spacial score (nSPS) is 14.0. The molecule has 0 aliphatic rings. The first-order chi connectivity index (χ1) is 8.54. The van der Waals surface area contributed by atoms with Crippen molar-refractivity contribution in [2.45, 2.75) is 12.5 Å². The molecular formula is C14H14BrNO2. The van der Waals surface area contributed by atoms with Crippen LogP contribution in [0, 0.1) is 0 Å². The summed E-state index contributed by atoms with van der Waals surface area (Å²) in [6, 6.07) is 12.8. The third-order valence-electron chi connectivity index (χ3n) is 2.87. The Hall–Kier alpha value is -1.39. The van der Waals surface area contributed by atoms with E-state index in [2.05, 4.69) is 20.9 Å².